The first-order chi connectivity index (χ1) is 12.5. The zero-order chi connectivity index (χ0) is 18.1. The first-order valence-corrected chi connectivity index (χ1v) is 8.19. The molecule has 2 N–H and O–H groups in total. The van der Waals surface area contributed by atoms with Gasteiger partial charge in [0.15, 0.2) is 5.60 Å². The Morgan fingerprint density at radius 1 is 0.885 bits per heavy atom. The molecular weight excluding hydrogens is 332 g/mol. The number of aromatic hydroxyl groups is 2. The van der Waals surface area contributed by atoms with Crippen LogP contribution in [0.25, 0.3) is 0 Å². The molecule has 5 heteroatoms. The lowest BCUT2D eigenvalue weighted by atomic mass is 9.76. The molecule has 1 unspecified atom stereocenters. The molecule has 3 aromatic rings. The number of phenols is 2. The number of fused-ring (bicyclic) bond motifs is 6. The van der Waals surface area contributed by atoms with E-state index in [1.54, 1.807) is 30.3 Å². The van der Waals surface area contributed by atoms with Gasteiger partial charge in [0.1, 0.15) is 23.0 Å². The Labute approximate surface area is 149 Å². The lowest BCUT2D eigenvalue weighted by molar-refractivity contribution is 0.0222. The third-order valence-corrected chi connectivity index (χ3v) is 4.97. The number of ether oxygens (including phenoxy) is 2. The van der Waals surface area contributed by atoms with Crippen molar-refractivity contribution in [3.05, 3.63) is 82.4 Å². The van der Waals surface area contributed by atoms with Crippen LogP contribution in [0.4, 0.5) is 0 Å². The molecule has 3 aromatic carbocycles. The third-order valence-electron chi connectivity index (χ3n) is 4.97. The number of hydrogen-bond acceptors (Lipinski definition) is 5. The van der Waals surface area contributed by atoms with E-state index in [9.17, 15) is 15.0 Å². The van der Waals surface area contributed by atoms with Gasteiger partial charge in [-0.1, -0.05) is 18.2 Å². The van der Waals surface area contributed by atoms with Gasteiger partial charge >= 0.3 is 5.97 Å². The summed E-state index contributed by atoms with van der Waals surface area (Å²) in [6.07, 6.45) is 0. The van der Waals surface area contributed by atoms with Crippen LogP contribution < -0.4 is 4.74 Å². The van der Waals surface area contributed by atoms with Crippen LogP contribution >= 0.6 is 0 Å². The molecule has 5 nitrogen and oxygen atoms in total. The second kappa shape index (κ2) is 4.79. The molecule has 2 aliphatic rings. The Bertz CT molecular complexity index is 1100. The van der Waals surface area contributed by atoms with Crippen LogP contribution in [0.5, 0.6) is 23.0 Å². The van der Waals surface area contributed by atoms with Crippen LogP contribution in [0.3, 0.4) is 0 Å². The lowest BCUT2D eigenvalue weighted by Gasteiger charge is -2.37. The van der Waals surface area contributed by atoms with Gasteiger partial charge in [0, 0.05) is 23.3 Å². The number of carbonyl (C=O) groups is 1. The van der Waals surface area contributed by atoms with Gasteiger partial charge in [0.2, 0.25) is 0 Å². The van der Waals surface area contributed by atoms with Crippen molar-refractivity contribution in [2.75, 3.05) is 0 Å². The largest absolute Gasteiger partial charge is 0.508 e. The molecule has 0 aromatic heterocycles. The van der Waals surface area contributed by atoms with E-state index in [1.807, 2.05) is 19.1 Å². The van der Waals surface area contributed by atoms with Gasteiger partial charge in [0.25, 0.3) is 0 Å². The van der Waals surface area contributed by atoms with Gasteiger partial charge < -0.3 is 19.7 Å². The van der Waals surface area contributed by atoms with Crippen molar-refractivity contribution in [1.82, 2.24) is 0 Å². The van der Waals surface area contributed by atoms with Crippen molar-refractivity contribution in [3.63, 3.8) is 0 Å². The summed E-state index contributed by atoms with van der Waals surface area (Å²) >= 11 is 0. The molecular formula is C21H14O5. The summed E-state index contributed by atoms with van der Waals surface area (Å²) in [4.78, 5) is 12.6. The van der Waals surface area contributed by atoms with E-state index in [2.05, 4.69) is 0 Å². The van der Waals surface area contributed by atoms with E-state index in [-0.39, 0.29) is 11.5 Å². The van der Waals surface area contributed by atoms with E-state index in [1.165, 1.54) is 12.1 Å². The van der Waals surface area contributed by atoms with E-state index in [0.717, 1.165) is 11.1 Å². The van der Waals surface area contributed by atoms with Crippen molar-refractivity contribution in [2.24, 2.45) is 0 Å². The van der Waals surface area contributed by atoms with Crippen LogP contribution in [-0.2, 0) is 10.3 Å². The number of hydrogen-bond donors (Lipinski definition) is 2. The average Bonchev–Trinajstić information content (AvgIpc) is 2.88. The van der Waals surface area contributed by atoms with Gasteiger partial charge in [-0.2, -0.15) is 0 Å². The smallest absolute Gasteiger partial charge is 0.340 e. The summed E-state index contributed by atoms with van der Waals surface area (Å²) in [7, 11) is 0. The normalized spacial score (nSPS) is 19.3. The first kappa shape index (κ1) is 14.8. The molecule has 2 heterocycles. The summed E-state index contributed by atoms with van der Waals surface area (Å²) in [5.41, 5.74) is 2.08. The zero-order valence-electron chi connectivity index (χ0n) is 13.8. The fourth-order valence-corrected chi connectivity index (χ4v) is 4.01. The molecule has 0 amide bonds. The predicted molar refractivity (Wildman–Crippen MR) is 92.8 cm³/mol. The minimum atomic E-state index is -1.18. The van der Waals surface area contributed by atoms with Crippen molar-refractivity contribution in [2.45, 2.75) is 12.5 Å². The molecule has 5 rings (SSSR count). The van der Waals surface area contributed by atoms with Crippen LogP contribution in [0.1, 0.15) is 32.6 Å². The molecule has 0 radical (unpaired) electrons. The van der Waals surface area contributed by atoms with E-state index < -0.39 is 11.6 Å². The zero-order valence-corrected chi connectivity index (χ0v) is 13.8. The van der Waals surface area contributed by atoms with Crippen molar-refractivity contribution in [1.29, 1.82) is 0 Å². The predicted octanol–water partition coefficient (Wildman–Crippen LogP) is 3.97. The fraction of sp³-hybridized carbons (Fsp3) is 0.0952. The third kappa shape index (κ3) is 1.72. The number of phenolic OH excluding ortho intramolecular Hbond substituents is 2. The van der Waals surface area contributed by atoms with Crippen LogP contribution in [0, 0.1) is 6.92 Å². The van der Waals surface area contributed by atoms with Gasteiger partial charge in [-0.3, -0.25) is 0 Å². The quantitative estimate of drug-likeness (QED) is 0.602. The van der Waals surface area contributed by atoms with Crippen molar-refractivity contribution >= 4 is 5.97 Å². The van der Waals surface area contributed by atoms with E-state index in [4.69, 9.17) is 9.47 Å². The summed E-state index contributed by atoms with van der Waals surface area (Å²) in [5, 5.41) is 19.9. The monoisotopic (exact) mass is 346 g/mol. The molecule has 1 spiro atoms. The van der Waals surface area contributed by atoms with Crippen molar-refractivity contribution < 1.29 is 24.5 Å². The average molecular weight is 346 g/mol. The molecule has 26 heavy (non-hydrogen) atoms. The number of carbonyl (C=O) groups excluding carboxylic acids is 1. The Morgan fingerprint density at radius 3 is 2.50 bits per heavy atom. The highest BCUT2D eigenvalue weighted by molar-refractivity contribution is 5.97. The van der Waals surface area contributed by atoms with Crippen LogP contribution in [0.2, 0.25) is 0 Å². The highest BCUT2D eigenvalue weighted by Gasteiger charge is 2.54. The number of esters is 1. The van der Waals surface area contributed by atoms with E-state index in [0.29, 0.717) is 28.2 Å². The molecule has 0 saturated heterocycles. The summed E-state index contributed by atoms with van der Waals surface area (Å²) in [5.74, 6) is 0.450. The summed E-state index contributed by atoms with van der Waals surface area (Å²) < 4.78 is 11.9. The van der Waals surface area contributed by atoms with Crippen LogP contribution in [0.15, 0.2) is 54.6 Å². The van der Waals surface area contributed by atoms with Crippen molar-refractivity contribution in [3.8, 4) is 23.0 Å². The van der Waals surface area contributed by atoms with Crippen LogP contribution in [-0.4, -0.2) is 16.2 Å². The maximum absolute atomic E-state index is 12.6. The highest BCUT2D eigenvalue weighted by atomic mass is 16.6. The Morgan fingerprint density at radius 2 is 1.65 bits per heavy atom. The van der Waals surface area contributed by atoms with Gasteiger partial charge in [-0.05, 0) is 36.8 Å². The maximum atomic E-state index is 12.6. The standard InChI is InChI=1S/C21H14O5/c1-11-8-13(23)10-18-19(11)21(16-7-6-12(22)9-17(16)25-18)15-5-3-2-4-14(15)20(24)26-21/h2-10,22-23H,1H3. The maximum Gasteiger partial charge on any atom is 0.340 e. The highest BCUT2D eigenvalue weighted by Crippen LogP contribution is 2.57. The molecule has 0 bridgehead atoms. The Kier molecular flexibility index (Phi) is 2.73. The summed E-state index contributed by atoms with van der Waals surface area (Å²) in [6.45, 7) is 1.84. The van der Waals surface area contributed by atoms with Gasteiger partial charge in [0.05, 0.1) is 11.1 Å². The second-order valence-corrected chi connectivity index (χ2v) is 6.53. The first-order valence-electron chi connectivity index (χ1n) is 8.19. The minimum absolute atomic E-state index is 0.0387. The second-order valence-electron chi connectivity index (χ2n) is 6.53. The minimum Gasteiger partial charge on any atom is -0.508 e. The van der Waals surface area contributed by atoms with Gasteiger partial charge in [-0.15, -0.1) is 0 Å². The molecule has 0 saturated carbocycles. The van der Waals surface area contributed by atoms with E-state index >= 15 is 0 Å². The number of benzene rings is 3. The Hall–Kier alpha value is -3.47. The number of aryl methyl sites for hydroxylation is 1. The molecule has 0 aliphatic carbocycles. The SMILES string of the molecule is Cc1cc(O)cc2c1C1(OC(=O)c3ccccc31)c1ccc(O)cc1O2. The fourth-order valence-electron chi connectivity index (χ4n) is 4.01. The summed E-state index contributed by atoms with van der Waals surface area (Å²) in [6, 6.07) is 15.1. The number of rotatable bonds is 0. The Balaban J connectivity index is 1.94. The van der Waals surface area contributed by atoms with Gasteiger partial charge in [-0.25, -0.2) is 4.79 Å². The molecule has 1 atom stereocenters. The lowest BCUT2D eigenvalue weighted by Crippen LogP contribution is -2.33. The molecule has 0 fully saturated rings. The molecule has 128 valence electrons. The molecule has 2 aliphatic heterocycles. The topological polar surface area (TPSA) is 76.0 Å².